The number of hydrogen-bond donors (Lipinski definition) is 1. The number of hydrogen-bond acceptors (Lipinski definition) is 4. The fourth-order valence-electron chi connectivity index (χ4n) is 2.27. The average molecular weight is 318 g/mol. The minimum atomic E-state index is -0.255. The van der Waals surface area contributed by atoms with E-state index in [-0.39, 0.29) is 24.1 Å². The highest BCUT2D eigenvalue weighted by molar-refractivity contribution is 6.02. The van der Waals surface area contributed by atoms with E-state index in [9.17, 15) is 9.59 Å². The number of rotatable bonds is 4. The van der Waals surface area contributed by atoms with E-state index in [0.717, 1.165) is 17.1 Å². The Labute approximate surface area is 135 Å². The summed E-state index contributed by atoms with van der Waals surface area (Å²) >= 11 is 0. The summed E-state index contributed by atoms with van der Waals surface area (Å²) in [7, 11) is 5.03. The van der Waals surface area contributed by atoms with Crippen LogP contribution < -0.4 is 5.32 Å². The lowest BCUT2D eigenvalue weighted by molar-refractivity contribution is -0.116. The molecule has 0 aliphatic carbocycles. The quantitative estimate of drug-likeness (QED) is 0.907. The van der Waals surface area contributed by atoms with Gasteiger partial charge in [-0.2, -0.15) is 10.2 Å². The molecule has 2 aromatic rings. The molecule has 0 aliphatic rings. The van der Waals surface area contributed by atoms with Crippen LogP contribution in [0.3, 0.4) is 0 Å². The molecule has 23 heavy (non-hydrogen) atoms. The zero-order chi connectivity index (χ0) is 17.3. The van der Waals surface area contributed by atoms with Crippen LogP contribution in [0.4, 0.5) is 5.69 Å². The van der Waals surface area contributed by atoms with Crippen LogP contribution in [0.2, 0.25) is 0 Å². The molecule has 0 saturated carbocycles. The molecule has 0 bridgehead atoms. The summed E-state index contributed by atoms with van der Waals surface area (Å²) in [5.41, 5.74) is 3.16. The van der Waals surface area contributed by atoms with Crippen LogP contribution in [0.1, 0.15) is 27.6 Å². The lowest BCUT2D eigenvalue weighted by atomic mass is 10.2. The second-order valence-electron chi connectivity index (χ2n) is 5.77. The highest BCUT2D eigenvalue weighted by Gasteiger charge is 2.22. The van der Waals surface area contributed by atoms with E-state index < -0.39 is 0 Å². The summed E-state index contributed by atoms with van der Waals surface area (Å²) in [4.78, 5) is 26.0. The SMILES string of the molecule is Cc1cc(C)n(CC(=O)Nc2c(C(=O)N(C)C)nn(C)c2C)n1. The number of aryl methyl sites for hydroxylation is 3. The van der Waals surface area contributed by atoms with Gasteiger partial charge in [0.1, 0.15) is 6.54 Å². The predicted molar refractivity (Wildman–Crippen MR) is 86.3 cm³/mol. The lowest BCUT2D eigenvalue weighted by Crippen LogP contribution is -2.25. The first-order valence-electron chi connectivity index (χ1n) is 7.27. The Bertz CT molecular complexity index is 756. The van der Waals surface area contributed by atoms with Crippen molar-refractivity contribution in [2.75, 3.05) is 19.4 Å². The number of nitrogens with zero attached hydrogens (tertiary/aromatic N) is 5. The Hall–Kier alpha value is -2.64. The molecular formula is C15H22N6O2. The zero-order valence-electron chi connectivity index (χ0n) is 14.3. The van der Waals surface area contributed by atoms with Crippen molar-refractivity contribution in [3.8, 4) is 0 Å². The van der Waals surface area contributed by atoms with E-state index in [0.29, 0.717) is 5.69 Å². The summed E-state index contributed by atoms with van der Waals surface area (Å²) in [6, 6.07) is 1.91. The fourth-order valence-corrected chi connectivity index (χ4v) is 2.27. The molecule has 2 aromatic heterocycles. The summed E-state index contributed by atoms with van der Waals surface area (Å²) < 4.78 is 3.21. The van der Waals surface area contributed by atoms with E-state index >= 15 is 0 Å². The maximum atomic E-state index is 12.3. The topological polar surface area (TPSA) is 85.0 Å². The van der Waals surface area contributed by atoms with Crippen LogP contribution in [0.5, 0.6) is 0 Å². The fraction of sp³-hybridized carbons (Fsp3) is 0.467. The van der Waals surface area contributed by atoms with Crippen molar-refractivity contribution < 1.29 is 9.59 Å². The van der Waals surface area contributed by atoms with Gasteiger partial charge in [-0.25, -0.2) is 0 Å². The molecule has 2 rings (SSSR count). The Morgan fingerprint density at radius 2 is 1.87 bits per heavy atom. The Kier molecular flexibility index (Phi) is 4.53. The number of anilines is 1. The van der Waals surface area contributed by atoms with E-state index in [4.69, 9.17) is 0 Å². The molecule has 0 aliphatic heterocycles. The first-order chi connectivity index (χ1) is 10.7. The lowest BCUT2D eigenvalue weighted by Gasteiger charge is -2.11. The van der Waals surface area contributed by atoms with Crippen LogP contribution in [0, 0.1) is 20.8 Å². The largest absolute Gasteiger partial charge is 0.343 e. The summed E-state index contributed by atoms with van der Waals surface area (Å²) in [6.07, 6.45) is 0. The summed E-state index contributed by atoms with van der Waals surface area (Å²) in [5, 5.41) is 11.3. The maximum absolute atomic E-state index is 12.3. The molecule has 0 atom stereocenters. The molecule has 0 radical (unpaired) electrons. The van der Waals surface area contributed by atoms with Gasteiger partial charge < -0.3 is 10.2 Å². The average Bonchev–Trinajstić information content (AvgIpc) is 2.91. The molecule has 124 valence electrons. The minimum Gasteiger partial charge on any atom is -0.343 e. The van der Waals surface area contributed by atoms with Crippen LogP contribution in [-0.2, 0) is 18.4 Å². The Morgan fingerprint density at radius 3 is 2.39 bits per heavy atom. The third kappa shape index (κ3) is 3.41. The van der Waals surface area contributed by atoms with Crippen LogP contribution in [0.15, 0.2) is 6.07 Å². The van der Waals surface area contributed by atoms with Crippen LogP contribution in [-0.4, -0.2) is 50.4 Å². The predicted octanol–water partition coefficient (Wildman–Crippen LogP) is 0.882. The van der Waals surface area contributed by atoms with Crippen molar-refractivity contribution in [2.45, 2.75) is 27.3 Å². The van der Waals surface area contributed by atoms with Gasteiger partial charge in [0.15, 0.2) is 5.69 Å². The molecule has 2 amide bonds. The molecule has 8 nitrogen and oxygen atoms in total. The van der Waals surface area contributed by atoms with Crippen molar-refractivity contribution in [3.63, 3.8) is 0 Å². The molecule has 8 heteroatoms. The Balaban J connectivity index is 2.24. The van der Waals surface area contributed by atoms with Gasteiger partial charge in [0.05, 0.1) is 17.1 Å². The molecular weight excluding hydrogens is 296 g/mol. The van der Waals surface area contributed by atoms with Crippen molar-refractivity contribution in [1.82, 2.24) is 24.5 Å². The second-order valence-corrected chi connectivity index (χ2v) is 5.77. The standard InChI is InChI=1S/C15H22N6O2/c1-9-7-10(2)21(17-9)8-12(22)16-13-11(3)20(6)18-14(13)15(23)19(4)5/h7H,8H2,1-6H3,(H,16,22). The summed E-state index contributed by atoms with van der Waals surface area (Å²) in [5.74, 6) is -0.504. The molecule has 0 aromatic carbocycles. The highest BCUT2D eigenvalue weighted by atomic mass is 16.2. The van der Waals surface area contributed by atoms with Crippen molar-refractivity contribution >= 4 is 17.5 Å². The van der Waals surface area contributed by atoms with E-state index in [1.165, 1.54) is 4.90 Å². The van der Waals surface area contributed by atoms with Gasteiger partial charge in [-0.3, -0.25) is 19.0 Å². The number of carbonyl (C=O) groups excluding carboxylic acids is 2. The molecule has 0 saturated heterocycles. The first kappa shape index (κ1) is 16.7. The smallest absolute Gasteiger partial charge is 0.276 e. The van der Waals surface area contributed by atoms with Gasteiger partial charge in [-0.1, -0.05) is 0 Å². The van der Waals surface area contributed by atoms with E-state index in [2.05, 4.69) is 15.5 Å². The Morgan fingerprint density at radius 1 is 1.22 bits per heavy atom. The van der Waals surface area contributed by atoms with Crippen molar-refractivity contribution in [3.05, 3.63) is 28.8 Å². The third-order valence-corrected chi connectivity index (χ3v) is 3.60. The molecule has 0 spiro atoms. The van der Waals surface area contributed by atoms with Crippen LogP contribution in [0.25, 0.3) is 0 Å². The maximum Gasteiger partial charge on any atom is 0.276 e. The number of aromatic nitrogens is 4. The number of nitrogens with one attached hydrogen (secondary N) is 1. The van der Waals surface area contributed by atoms with Crippen LogP contribution >= 0.6 is 0 Å². The molecule has 0 fully saturated rings. The molecule has 1 N–H and O–H groups in total. The van der Waals surface area contributed by atoms with Gasteiger partial charge in [0.2, 0.25) is 5.91 Å². The zero-order valence-corrected chi connectivity index (χ0v) is 14.3. The van der Waals surface area contributed by atoms with Crippen molar-refractivity contribution in [1.29, 1.82) is 0 Å². The monoisotopic (exact) mass is 318 g/mol. The third-order valence-electron chi connectivity index (χ3n) is 3.60. The normalized spacial score (nSPS) is 10.7. The number of amides is 2. The molecule has 0 unspecified atom stereocenters. The van der Waals surface area contributed by atoms with E-state index in [1.807, 2.05) is 19.9 Å². The minimum absolute atomic E-state index is 0.0869. The van der Waals surface area contributed by atoms with Gasteiger partial charge in [-0.05, 0) is 26.8 Å². The molecule has 2 heterocycles. The van der Waals surface area contributed by atoms with Gasteiger partial charge in [0.25, 0.3) is 5.91 Å². The van der Waals surface area contributed by atoms with Crippen molar-refractivity contribution in [2.24, 2.45) is 7.05 Å². The second kappa shape index (κ2) is 6.23. The number of carbonyl (C=O) groups is 2. The van der Waals surface area contributed by atoms with E-state index in [1.54, 1.807) is 37.4 Å². The summed E-state index contributed by atoms with van der Waals surface area (Å²) in [6.45, 7) is 5.66. The first-order valence-corrected chi connectivity index (χ1v) is 7.27. The highest BCUT2D eigenvalue weighted by Crippen LogP contribution is 2.20. The van der Waals surface area contributed by atoms with Gasteiger partial charge >= 0.3 is 0 Å². The van der Waals surface area contributed by atoms with Gasteiger partial charge in [0, 0.05) is 26.8 Å². The van der Waals surface area contributed by atoms with Gasteiger partial charge in [-0.15, -0.1) is 0 Å².